The topological polar surface area (TPSA) is 12.0 Å². The third-order valence-corrected chi connectivity index (χ3v) is 4.99. The molecule has 17 heavy (non-hydrogen) atoms. The molecule has 1 aromatic carbocycles. The van der Waals surface area contributed by atoms with Crippen molar-refractivity contribution < 1.29 is 0 Å². The first-order valence-electron chi connectivity index (χ1n) is 5.00. The summed E-state index contributed by atoms with van der Waals surface area (Å²) in [7, 11) is 0. The molecule has 1 nitrogen and oxygen atoms in total. The van der Waals surface area contributed by atoms with E-state index in [9.17, 15) is 0 Å². The Morgan fingerprint density at radius 3 is 2.71 bits per heavy atom. The number of hydrogen-bond donors (Lipinski definition) is 1. The van der Waals surface area contributed by atoms with E-state index in [1.165, 1.54) is 9.75 Å². The van der Waals surface area contributed by atoms with Gasteiger partial charge in [0.05, 0.1) is 10.7 Å². The van der Waals surface area contributed by atoms with Crippen LogP contribution in [0, 0.1) is 6.92 Å². The van der Waals surface area contributed by atoms with Crippen LogP contribution >= 0.6 is 50.5 Å². The average molecular weight is 351 g/mol. The van der Waals surface area contributed by atoms with Gasteiger partial charge in [-0.2, -0.15) is 0 Å². The van der Waals surface area contributed by atoms with Crippen LogP contribution in [0.4, 0.5) is 5.69 Å². The Bertz CT molecular complexity index is 520. The molecule has 0 bridgehead atoms. The summed E-state index contributed by atoms with van der Waals surface area (Å²) in [6.07, 6.45) is 0. The fraction of sp³-hybridized carbons (Fsp3) is 0.167. The predicted octanol–water partition coefficient (Wildman–Crippen LogP) is 5.74. The number of aryl methyl sites for hydroxylation is 1. The molecule has 2 rings (SSSR count). The van der Waals surface area contributed by atoms with Crippen molar-refractivity contribution >= 4 is 56.2 Å². The first-order valence-corrected chi connectivity index (χ1v) is 7.36. The summed E-state index contributed by atoms with van der Waals surface area (Å²) >= 11 is 17.3. The second-order valence-electron chi connectivity index (χ2n) is 3.59. The summed E-state index contributed by atoms with van der Waals surface area (Å²) in [5.41, 5.74) is 0.862. The maximum atomic E-state index is 6.07. The van der Waals surface area contributed by atoms with Crippen molar-refractivity contribution in [2.24, 2.45) is 0 Å². The van der Waals surface area contributed by atoms with Crippen LogP contribution in [0.15, 0.2) is 28.7 Å². The molecule has 0 atom stereocenters. The summed E-state index contributed by atoms with van der Waals surface area (Å²) in [6, 6.07) is 7.52. The van der Waals surface area contributed by atoms with Gasteiger partial charge in [0.25, 0.3) is 0 Å². The summed E-state index contributed by atoms with van der Waals surface area (Å²) in [6.45, 7) is 2.84. The van der Waals surface area contributed by atoms with Gasteiger partial charge in [-0.25, -0.2) is 0 Å². The Balaban J connectivity index is 2.09. The van der Waals surface area contributed by atoms with Gasteiger partial charge in [-0.05, 0) is 47.1 Å². The van der Waals surface area contributed by atoms with E-state index in [4.69, 9.17) is 23.2 Å². The second kappa shape index (κ2) is 5.61. The number of rotatable bonds is 3. The summed E-state index contributed by atoms with van der Waals surface area (Å²) in [5.74, 6) is 0. The standard InChI is InChI=1S/C12H10BrCl2NS/c1-7-10(13)5-9(17-7)6-16-12-4-8(14)2-3-11(12)15/h2-5,16H,6H2,1H3. The molecule has 2 aromatic rings. The van der Waals surface area contributed by atoms with E-state index in [1.54, 1.807) is 23.5 Å². The molecule has 0 aliphatic rings. The molecule has 0 aliphatic carbocycles. The van der Waals surface area contributed by atoms with Gasteiger partial charge in [0.2, 0.25) is 0 Å². The largest absolute Gasteiger partial charge is 0.379 e. The van der Waals surface area contributed by atoms with Gasteiger partial charge in [0, 0.05) is 25.8 Å². The lowest BCUT2D eigenvalue weighted by molar-refractivity contribution is 1.19. The fourth-order valence-corrected chi connectivity index (χ4v) is 3.32. The molecule has 1 heterocycles. The van der Waals surface area contributed by atoms with Gasteiger partial charge >= 0.3 is 0 Å². The zero-order valence-corrected chi connectivity index (χ0v) is 13.0. The summed E-state index contributed by atoms with van der Waals surface area (Å²) < 4.78 is 1.15. The highest BCUT2D eigenvalue weighted by Crippen LogP contribution is 2.29. The Labute approximate surface area is 123 Å². The number of halogens is 3. The first-order chi connectivity index (χ1) is 8.06. The van der Waals surface area contributed by atoms with Crippen LogP contribution in [0.1, 0.15) is 9.75 Å². The van der Waals surface area contributed by atoms with Crippen LogP contribution in [0.3, 0.4) is 0 Å². The van der Waals surface area contributed by atoms with Gasteiger partial charge < -0.3 is 5.32 Å². The van der Waals surface area contributed by atoms with Crippen molar-refractivity contribution in [2.45, 2.75) is 13.5 Å². The molecule has 0 spiro atoms. The Morgan fingerprint density at radius 1 is 1.29 bits per heavy atom. The minimum atomic E-state index is 0.681. The van der Waals surface area contributed by atoms with Crippen LogP contribution in [0.2, 0.25) is 10.0 Å². The normalized spacial score (nSPS) is 10.6. The lowest BCUT2D eigenvalue weighted by Gasteiger charge is -2.07. The maximum absolute atomic E-state index is 6.07. The van der Waals surface area contributed by atoms with Gasteiger partial charge in [-0.1, -0.05) is 23.2 Å². The predicted molar refractivity (Wildman–Crippen MR) is 80.5 cm³/mol. The number of anilines is 1. The van der Waals surface area contributed by atoms with Gasteiger partial charge in [-0.3, -0.25) is 0 Å². The summed E-state index contributed by atoms with van der Waals surface area (Å²) in [5, 5.41) is 4.65. The van der Waals surface area contributed by atoms with Gasteiger partial charge in [0.15, 0.2) is 0 Å². The molecule has 1 aromatic heterocycles. The maximum Gasteiger partial charge on any atom is 0.0638 e. The monoisotopic (exact) mass is 349 g/mol. The van der Waals surface area contributed by atoms with E-state index >= 15 is 0 Å². The van der Waals surface area contributed by atoms with Gasteiger partial charge in [0.1, 0.15) is 0 Å². The molecular weight excluding hydrogens is 341 g/mol. The molecule has 0 radical (unpaired) electrons. The van der Waals surface area contributed by atoms with Crippen LogP contribution in [-0.2, 0) is 6.54 Å². The highest BCUT2D eigenvalue weighted by atomic mass is 79.9. The van der Waals surface area contributed by atoms with Crippen molar-refractivity contribution in [2.75, 3.05) is 5.32 Å². The van der Waals surface area contributed by atoms with E-state index in [1.807, 2.05) is 6.07 Å². The fourth-order valence-electron chi connectivity index (χ4n) is 1.42. The van der Waals surface area contributed by atoms with E-state index in [0.29, 0.717) is 10.0 Å². The highest BCUT2D eigenvalue weighted by Gasteiger charge is 2.04. The van der Waals surface area contributed by atoms with E-state index in [-0.39, 0.29) is 0 Å². The molecule has 0 unspecified atom stereocenters. The number of thiophene rings is 1. The second-order valence-corrected chi connectivity index (χ2v) is 6.63. The lowest BCUT2D eigenvalue weighted by Crippen LogP contribution is -1.97. The molecular formula is C12H10BrCl2NS. The lowest BCUT2D eigenvalue weighted by atomic mass is 10.3. The third kappa shape index (κ3) is 3.38. The number of nitrogens with one attached hydrogen (secondary N) is 1. The molecule has 90 valence electrons. The number of benzene rings is 1. The summed E-state index contributed by atoms with van der Waals surface area (Å²) in [4.78, 5) is 2.53. The van der Waals surface area contributed by atoms with Crippen molar-refractivity contribution in [1.29, 1.82) is 0 Å². The smallest absolute Gasteiger partial charge is 0.0638 e. The zero-order valence-electron chi connectivity index (χ0n) is 9.06. The van der Waals surface area contributed by atoms with Crippen molar-refractivity contribution in [3.63, 3.8) is 0 Å². The van der Waals surface area contributed by atoms with Crippen LogP contribution in [-0.4, -0.2) is 0 Å². The zero-order chi connectivity index (χ0) is 12.4. The average Bonchev–Trinajstić information content (AvgIpc) is 2.60. The minimum Gasteiger partial charge on any atom is -0.379 e. The quantitative estimate of drug-likeness (QED) is 0.744. The van der Waals surface area contributed by atoms with E-state index in [2.05, 4.69) is 34.2 Å². The Kier molecular flexibility index (Phi) is 4.36. The molecule has 5 heteroatoms. The minimum absolute atomic E-state index is 0.681. The van der Waals surface area contributed by atoms with Crippen molar-refractivity contribution in [1.82, 2.24) is 0 Å². The highest BCUT2D eigenvalue weighted by molar-refractivity contribution is 9.10. The molecule has 0 amide bonds. The van der Waals surface area contributed by atoms with Crippen LogP contribution < -0.4 is 5.32 Å². The van der Waals surface area contributed by atoms with Crippen LogP contribution in [0.5, 0.6) is 0 Å². The van der Waals surface area contributed by atoms with E-state index < -0.39 is 0 Å². The van der Waals surface area contributed by atoms with E-state index in [0.717, 1.165) is 16.7 Å². The number of hydrogen-bond acceptors (Lipinski definition) is 2. The SMILES string of the molecule is Cc1sc(CNc2cc(Cl)ccc2Cl)cc1Br. The molecule has 0 aliphatic heterocycles. The first kappa shape index (κ1) is 13.2. The molecule has 1 N–H and O–H groups in total. The Hall–Kier alpha value is -0.220. The van der Waals surface area contributed by atoms with Gasteiger partial charge in [-0.15, -0.1) is 11.3 Å². The third-order valence-electron chi connectivity index (χ3n) is 2.29. The molecule has 0 saturated carbocycles. The van der Waals surface area contributed by atoms with Crippen LogP contribution in [0.25, 0.3) is 0 Å². The molecule has 0 fully saturated rings. The van der Waals surface area contributed by atoms with Crippen molar-refractivity contribution in [3.8, 4) is 0 Å². The molecule has 0 saturated heterocycles. The van der Waals surface area contributed by atoms with Crippen molar-refractivity contribution in [3.05, 3.63) is 48.5 Å². The Morgan fingerprint density at radius 2 is 2.06 bits per heavy atom.